The number of hydrogen-bond acceptors (Lipinski definition) is 5. The number of rotatable bonds is 3. The first-order chi connectivity index (χ1) is 5.79. The van der Waals surface area contributed by atoms with E-state index in [0.717, 1.165) is 32.8 Å². The van der Waals surface area contributed by atoms with Crippen molar-refractivity contribution in [2.24, 2.45) is 0 Å². The number of hydrogen-bond donors (Lipinski definition) is 0. The fourth-order valence-electron chi connectivity index (χ4n) is 1.08. The molecule has 1 aliphatic rings. The summed E-state index contributed by atoms with van der Waals surface area (Å²) in [6, 6.07) is 0. The van der Waals surface area contributed by atoms with E-state index in [0.29, 0.717) is 6.61 Å². The van der Waals surface area contributed by atoms with Gasteiger partial charge in [-0.25, -0.2) is 0 Å². The van der Waals surface area contributed by atoms with Crippen molar-refractivity contribution in [1.82, 2.24) is 4.90 Å². The van der Waals surface area contributed by atoms with Crippen LogP contribution in [0.3, 0.4) is 0 Å². The van der Waals surface area contributed by atoms with Crippen molar-refractivity contribution in [2.45, 2.75) is 0 Å². The van der Waals surface area contributed by atoms with Gasteiger partial charge < -0.3 is 34.3 Å². The Bertz CT molecular complexity index is 153. The van der Waals surface area contributed by atoms with E-state index < -0.39 is 0 Å². The van der Waals surface area contributed by atoms with Crippen LogP contribution in [0.25, 0.3) is 0 Å². The van der Waals surface area contributed by atoms with Crippen molar-refractivity contribution in [3.8, 4) is 0 Å². The molecule has 0 radical (unpaired) electrons. The molecule has 6 heteroatoms. The van der Waals surface area contributed by atoms with Crippen LogP contribution < -0.4 is 29.6 Å². The molecule has 70 valence electrons. The Morgan fingerprint density at radius 1 is 1.46 bits per heavy atom. The van der Waals surface area contributed by atoms with Gasteiger partial charge in [0, 0.05) is 24.0 Å². The smallest absolute Gasteiger partial charge is 0.512 e. The third-order valence-electron chi connectivity index (χ3n) is 1.73. The van der Waals surface area contributed by atoms with E-state index in [1.807, 2.05) is 0 Å². The summed E-state index contributed by atoms with van der Waals surface area (Å²) in [4.78, 5) is 2.27. The molecule has 1 heterocycles. The zero-order valence-electron chi connectivity index (χ0n) is 7.82. The van der Waals surface area contributed by atoms with Gasteiger partial charge in [-0.1, -0.05) is 0 Å². The summed E-state index contributed by atoms with van der Waals surface area (Å²) in [5, 5.41) is 0. The van der Waals surface area contributed by atoms with Gasteiger partial charge in [-0.15, -0.1) is 0 Å². The number of nitrogens with zero attached hydrogens (tertiary/aromatic N) is 1. The minimum Gasteiger partial charge on any atom is -0.512 e. The Labute approximate surface area is 112 Å². The molecule has 0 N–H and O–H groups in total. The van der Waals surface area contributed by atoms with Gasteiger partial charge in [0.25, 0.3) is 0 Å². The Kier molecular flexibility index (Phi) is 9.01. The molecule has 0 aliphatic carbocycles. The first-order valence-electron chi connectivity index (χ1n) is 3.93. The van der Waals surface area contributed by atoms with Gasteiger partial charge >= 0.3 is 29.6 Å². The third-order valence-corrected chi connectivity index (χ3v) is 1.97. The summed E-state index contributed by atoms with van der Waals surface area (Å²) in [5.74, 6) is 0. The summed E-state index contributed by atoms with van der Waals surface area (Å²) < 4.78 is 10.4. The summed E-state index contributed by atoms with van der Waals surface area (Å²) >= 11 is 9.22. The average molecular weight is 229 g/mol. The minimum atomic E-state index is 0. The van der Waals surface area contributed by atoms with E-state index in [9.17, 15) is 0 Å². The fourth-order valence-corrected chi connectivity index (χ4v) is 1.25. The molecule has 1 saturated heterocycles. The van der Waals surface area contributed by atoms with Crippen molar-refractivity contribution >= 4 is 29.2 Å². The van der Waals surface area contributed by atoms with Crippen LogP contribution in [0.15, 0.2) is 0 Å². The molecule has 0 aromatic carbocycles. The van der Waals surface area contributed by atoms with E-state index in [1.165, 1.54) is 0 Å². The predicted octanol–water partition coefficient (Wildman–Crippen LogP) is -2.83. The normalized spacial score (nSPS) is 17.5. The molecule has 0 spiro atoms. The largest absolute Gasteiger partial charge is 1.00 e. The van der Waals surface area contributed by atoms with Crippen molar-refractivity contribution in [2.75, 3.05) is 39.5 Å². The molecule has 1 fully saturated rings. The molecular formula is C7H12NNaO2S2. The maximum Gasteiger partial charge on any atom is 1.00 e. The van der Waals surface area contributed by atoms with Crippen LogP contribution in [0.5, 0.6) is 0 Å². The van der Waals surface area contributed by atoms with E-state index in [2.05, 4.69) is 29.7 Å². The van der Waals surface area contributed by atoms with E-state index in [-0.39, 0.29) is 33.9 Å². The molecule has 0 aromatic heterocycles. The van der Waals surface area contributed by atoms with E-state index in [1.54, 1.807) is 0 Å². The second kappa shape index (κ2) is 8.35. The van der Waals surface area contributed by atoms with Gasteiger partial charge in [-0.3, -0.25) is 4.90 Å². The average Bonchev–Trinajstić information content (AvgIpc) is 2.05. The van der Waals surface area contributed by atoms with E-state index >= 15 is 0 Å². The van der Waals surface area contributed by atoms with Crippen LogP contribution in [0.2, 0.25) is 0 Å². The first kappa shape index (κ1) is 14.0. The van der Waals surface area contributed by atoms with Crippen LogP contribution >= 0.6 is 12.2 Å². The molecule has 0 atom stereocenters. The first-order valence-corrected chi connectivity index (χ1v) is 4.74. The Morgan fingerprint density at radius 2 is 2.08 bits per heavy atom. The van der Waals surface area contributed by atoms with Crippen molar-refractivity contribution in [3.63, 3.8) is 0 Å². The molecule has 3 nitrogen and oxygen atoms in total. The molecule has 13 heavy (non-hydrogen) atoms. The molecule has 0 aromatic rings. The summed E-state index contributed by atoms with van der Waals surface area (Å²) in [6.45, 7) is 5.08. The van der Waals surface area contributed by atoms with Crippen LogP contribution in [-0.4, -0.2) is 48.7 Å². The standard InChI is InChI=1S/C7H13NO2S2.Na/c11-7(12)10-6-3-8-1-4-9-5-2-8;/h1-6H2,(H,11,12);/q;+1/p-1. The molecule has 1 rings (SSSR count). The van der Waals surface area contributed by atoms with Crippen LogP contribution in [0.4, 0.5) is 0 Å². The zero-order valence-corrected chi connectivity index (χ0v) is 11.5. The molecule has 1 aliphatic heterocycles. The Hall–Kier alpha value is 1.03. The molecule has 0 bridgehead atoms. The minimum absolute atomic E-state index is 0. The van der Waals surface area contributed by atoms with Crippen molar-refractivity contribution < 1.29 is 39.0 Å². The quantitative estimate of drug-likeness (QED) is 0.295. The predicted molar refractivity (Wildman–Crippen MR) is 53.2 cm³/mol. The number of morpholine rings is 1. The summed E-state index contributed by atoms with van der Waals surface area (Å²) in [7, 11) is 0. The van der Waals surface area contributed by atoms with Gasteiger partial charge in [0.2, 0.25) is 0 Å². The number of ether oxygens (including phenoxy) is 2. The van der Waals surface area contributed by atoms with Gasteiger partial charge in [-0.05, 0) is 0 Å². The van der Waals surface area contributed by atoms with Crippen LogP contribution in [-0.2, 0) is 22.1 Å². The van der Waals surface area contributed by atoms with Gasteiger partial charge in [-0.2, -0.15) is 0 Å². The van der Waals surface area contributed by atoms with Crippen LogP contribution in [0.1, 0.15) is 0 Å². The Morgan fingerprint density at radius 3 is 2.62 bits per heavy atom. The number of thiocarbonyl (C=S) groups is 1. The second-order valence-electron chi connectivity index (χ2n) is 2.55. The topological polar surface area (TPSA) is 21.7 Å². The van der Waals surface area contributed by atoms with Crippen molar-refractivity contribution in [3.05, 3.63) is 0 Å². The van der Waals surface area contributed by atoms with Gasteiger partial charge in [0.1, 0.15) is 0 Å². The zero-order chi connectivity index (χ0) is 8.81. The maximum atomic E-state index is 5.20. The van der Waals surface area contributed by atoms with E-state index in [4.69, 9.17) is 9.47 Å². The SMILES string of the molecule is S=C([S-])OCCN1CCOCC1.[Na+]. The van der Waals surface area contributed by atoms with Crippen LogP contribution in [0, 0.1) is 0 Å². The van der Waals surface area contributed by atoms with Crippen molar-refractivity contribution in [1.29, 1.82) is 0 Å². The molecule has 0 saturated carbocycles. The monoisotopic (exact) mass is 229 g/mol. The maximum absolute atomic E-state index is 5.20. The summed E-state index contributed by atoms with van der Waals surface area (Å²) in [6.07, 6.45) is 0. The van der Waals surface area contributed by atoms with Gasteiger partial charge in [0.15, 0.2) is 0 Å². The Balaban J connectivity index is 0.00000144. The molecule has 0 amide bonds. The fraction of sp³-hybridized carbons (Fsp3) is 0.857. The second-order valence-corrected chi connectivity index (χ2v) is 3.55. The third kappa shape index (κ3) is 7.02. The molecular weight excluding hydrogens is 217 g/mol. The molecule has 0 unspecified atom stereocenters. The van der Waals surface area contributed by atoms with Gasteiger partial charge in [0.05, 0.1) is 19.8 Å². The summed E-state index contributed by atoms with van der Waals surface area (Å²) in [5.41, 5.74) is 0.